The van der Waals surface area contributed by atoms with Crippen LogP contribution in [0.4, 0.5) is 5.69 Å². The minimum absolute atomic E-state index is 0. The molecule has 1 aliphatic heterocycles. The lowest BCUT2D eigenvalue weighted by atomic mass is 10.2. The van der Waals surface area contributed by atoms with Gasteiger partial charge in [-0.1, -0.05) is 17.7 Å². The zero-order valence-corrected chi connectivity index (χ0v) is 13.1. The lowest BCUT2D eigenvalue weighted by molar-refractivity contribution is -0.116. The van der Waals surface area contributed by atoms with Crippen molar-refractivity contribution < 1.29 is 4.79 Å². The molecule has 0 bridgehead atoms. The first kappa shape index (κ1) is 17.2. The first-order valence-corrected chi connectivity index (χ1v) is 6.99. The summed E-state index contributed by atoms with van der Waals surface area (Å²) in [6.07, 6.45) is 1.66. The van der Waals surface area contributed by atoms with Crippen molar-refractivity contribution in [3.8, 4) is 0 Å². The van der Waals surface area contributed by atoms with E-state index < -0.39 is 0 Å². The number of carbonyl (C=O) groups is 1. The first-order valence-electron chi connectivity index (χ1n) is 6.61. The van der Waals surface area contributed by atoms with Crippen LogP contribution in [-0.2, 0) is 4.79 Å². The van der Waals surface area contributed by atoms with E-state index in [0.29, 0.717) is 17.5 Å². The van der Waals surface area contributed by atoms with E-state index in [-0.39, 0.29) is 18.3 Å². The summed E-state index contributed by atoms with van der Waals surface area (Å²) < 4.78 is 0. The monoisotopic (exact) mass is 317 g/mol. The number of rotatable bonds is 5. The van der Waals surface area contributed by atoms with Crippen molar-refractivity contribution in [1.82, 2.24) is 10.2 Å². The Hall–Kier alpha value is -0.810. The van der Waals surface area contributed by atoms with Crippen LogP contribution in [0.15, 0.2) is 24.3 Å². The van der Waals surface area contributed by atoms with Crippen LogP contribution in [0.3, 0.4) is 0 Å². The summed E-state index contributed by atoms with van der Waals surface area (Å²) in [6, 6.07) is 7.77. The molecule has 112 valence electrons. The van der Waals surface area contributed by atoms with Crippen molar-refractivity contribution in [2.75, 3.05) is 32.0 Å². The second kappa shape index (κ2) is 8.47. The number of halogens is 2. The molecule has 0 aliphatic carbocycles. The summed E-state index contributed by atoms with van der Waals surface area (Å²) in [5.41, 5.74) is 0.752. The second-order valence-electron chi connectivity index (χ2n) is 4.94. The lowest BCUT2D eigenvalue weighted by Gasteiger charge is -2.22. The molecule has 1 fully saturated rings. The molecule has 1 aromatic carbocycles. The van der Waals surface area contributed by atoms with Crippen molar-refractivity contribution in [1.29, 1.82) is 0 Å². The smallest absolute Gasteiger partial charge is 0.225 e. The molecule has 2 N–H and O–H groups in total. The highest BCUT2D eigenvalue weighted by molar-refractivity contribution is 6.30. The maximum atomic E-state index is 11.8. The number of hydrogen-bond acceptors (Lipinski definition) is 3. The first-order chi connectivity index (χ1) is 9.15. The number of anilines is 1. The molecule has 1 aliphatic rings. The molecule has 4 nitrogen and oxygen atoms in total. The van der Waals surface area contributed by atoms with Crippen molar-refractivity contribution in [3.05, 3.63) is 29.3 Å². The van der Waals surface area contributed by atoms with Gasteiger partial charge in [0.05, 0.1) is 0 Å². The van der Waals surface area contributed by atoms with Crippen LogP contribution in [0.2, 0.25) is 5.02 Å². The normalized spacial score (nSPS) is 17.9. The van der Waals surface area contributed by atoms with Crippen LogP contribution in [0.25, 0.3) is 0 Å². The molecular formula is C14H21Cl2N3O. The van der Waals surface area contributed by atoms with E-state index in [2.05, 4.69) is 22.6 Å². The van der Waals surface area contributed by atoms with E-state index in [1.165, 1.54) is 0 Å². The van der Waals surface area contributed by atoms with Crippen molar-refractivity contribution in [2.24, 2.45) is 0 Å². The highest BCUT2D eigenvalue weighted by Gasteiger charge is 2.19. The molecule has 6 heteroatoms. The molecule has 1 unspecified atom stereocenters. The standard InChI is InChI=1S/C14H20ClN3O.ClH/c1-18(13-5-7-16-10-13)8-6-14(19)17-12-4-2-3-11(15)9-12;/h2-4,9,13,16H,5-8,10H2,1H3,(H,17,19);1H. The summed E-state index contributed by atoms with van der Waals surface area (Å²) in [4.78, 5) is 14.1. The summed E-state index contributed by atoms with van der Waals surface area (Å²) >= 11 is 5.88. The molecule has 20 heavy (non-hydrogen) atoms. The Kier molecular flexibility index (Phi) is 7.30. The fourth-order valence-electron chi connectivity index (χ4n) is 2.27. The molecule has 0 aromatic heterocycles. The summed E-state index contributed by atoms with van der Waals surface area (Å²) in [7, 11) is 2.07. The molecule has 1 heterocycles. The third-order valence-corrected chi connectivity index (χ3v) is 3.69. The Bertz CT molecular complexity index is 436. The van der Waals surface area contributed by atoms with E-state index in [1.807, 2.05) is 12.1 Å². The minimum Gasteiger partial charge on any atom is -0.326 e. The quantitative estimate of drug-likeness (QED) is 0.876. The Morgan fingerprint density at radius 1 is 1.55 bits per heavy atom. The Morgan fingerprint density at radius 2 is 2.35 bits per heavy atom. The van der Waals surface area contributed by atoms with Crippen LogP contribution >= 0.6 is 24.0 Å². The highest BCUT2D eigenvalue weighted by Crippen LogP contribution is 2.15. The van der Waals surface area contributed by atoms with E-state index in [4.69, 9.17) is 11.6 Å². The molecule has 0 saturated carbocycles. The molecule has 0 spiro atoms. The Morgan fingerprint density at radius 3 is 3.00 bits per heavy atom. The van der Waals surface area contributed by atoms with Gasteiger partial charge >= 0.3 is 0 Å². The molecule has 2 rings (SSSR count). The highest BCUT2D eigenvalue weighted by atomic mass is 35.5. The van der Waals surface area contributed by atoms with Gasteiger partial charge in [-0.2, -0.15) is 0 Å². The summed E-state index contributed by atoms with van der Waals surface area (Å²) in [5.74, 6) is 0.0278. The predicted molar refractivity (Wildman–Crippen MR) is 85.9 cm³/mol. The van der Waals surface area contributed by atoms with Crippen LogP contribution in [0.5, 0.6) is 0 Å². The number of nitrogens with one attached hydrogen (secondary N) is 2. The number of hydrogen-bond donors (Lipinski definition) is 2. The van der Waals surface area contributed by atoms with Gasteiger partial charge < -0.3 is 15.5 Å². The second-order valence-corrected chi connectivity index (χ2v) is 5.37. The summed E-state index contributed by atoms with van der Waals surface area (Å²) in [6.45, 7) is 2.87. The third-order valence-electron chi connectivity index (χ3n) is 3.46. The Labute approximate surface area is 131 Å². The molecule has 1 aromatic rings. The summed E-state index contributed by atoms with van der Waals surface area (Å²) in [5, 5.41) is 6.82. The van der Waals surface area contributed by atoms with Gasteiger partial charge in [-0.3, -0.25) is 4.79 Å². The zero-order valence-electron chi connectivity index (χ0n) is 11.6. The van der Waals surface area contributed by atoms with Crippen LogP contribution in [0.1, 0.15) is 12.8 Å². The van der Waals surface area contributed by atoms with Crippen LogP contribution in [-0.4, -0.2) is 43.5 Å². The van der Waals surface area contributed by atoms with Gasteiger partial charge in [-0.15, -0.1) is 12.4 Å². The van der Waals surface area contributed by atoms with E-state index in [0.717, 1.165) is 31.7 Å². The SMILES string of the molecule is CN(CCC(=O)Nc1cccc(Cl)c1)C1CCNC1.Cl. The van der Waals surface area contributed by atoms with Gasteiger partial charge in [0.2, 0.25) is 5.91 Å². The number of amides is 1. The van der Waals surface area contributed by atoms with Gasteiger partial charge in [0.1, 0.15) is 0 Å². The largest absolute Gasteiger partial charge is 0.326 e. The van der Waals surface area contributed by atoms with Crippen molar-refractivity contribution in [3.63, 3.8) is 0 Å². The van der Waals surface area contributed by atoms with Crippen molar-refractivity contribution >= 4 is 35.6 Å². The maximum absolute atomic E-state index is 11.8. The molecule has 0 radical (unpaired) electrons. The average Bonchev–Trinajstić information content (AvgIpc) is 2.90. The molecule has 1 saturated heterocycles. The van der Waals surface area contributed by atoms with Gasteiger partial charge in [-0.25, -0.2) is 0 Å². The number of carbonyl (C=O) groups excluding carboxylic acids is 1. The third kappa shape index (κ3) is 5.29. The minimum atomic E-state index is 0. The number of nitrogens with zero attached hydrogens (tertiary/aromatic N) is 1. The average molecular weight is 318 g/mol. The lowest BCUT2D eigenvalue weighted by Crippen LogP contribution is -2.35. The zero-order chi connectivity index (χ0) is 13.7. The fraction of sp³-hybridized carbons (Fsp3) is 0.500. The van der Waals surface area contributed by atoms with Crippen LogP contribution in [0, 0.1) is 0 Å². The fourth-order valence-corrected chi connectivity index (χ4v) is 2.46. The van der Waals surface area contributed by atoms with E-state index in [1.54, 1.807) is 12.1 Å². The maximum Gasteiger partial charge on any atom is 0.225 e. The number of benzene rings is 1. The molecule has 1 atom stereocenters. The molecular weight excluding hydrogens is 297 g/mol. The van der Waals surface area contributed by atoms with Gasteiger partial charge in [0.25, 0.3) is 0 Å². The van der Waals surface area contributed by atoms with Gasteiger partial charge in [0.15, 0.2) is 0 Å². The number of likely N-dealkylation sites (N-methyl/N-ethyl adjacent to an activating group) is 1. The predicted octanol–water partition coefficient (Wildman–Crippen LogP) is 2.38. The van der Waals surface area contributed by atoms with Crippen molar-refractivity contribution in [2.45, 2.75) is 18.9 Å². The van der Waals surface area contributed by atoms with Gasteiger partial charge in [0, 0.05) is 36.3 Å². The van der Waals surface area contributed by atoms with Crippen LogP contribution < -0.4 is 10.6 Å². The van der Waals surface area contributed by atoms with E-state index >= 15 is 0 Å². The van der Waals surface area contributed by atoms with Gasteiger partial charge in [-0.05, 0) is 38.2 Å². The Balaban J connectivity index is 0.00000200. The van der Waals surface area contributed by atoms with E-state index in [9.17, 15) is 4.79 Å². The topological polar surface area (TPSA) is 44.4 Å². The molecule has 1 amide bonds.